The topological polar surface area (TPSA) is 94.5 Å². The molecule has 6 nitrogen and oxygen atoms in total. The van der Waals surface area contributed by atoms with Gasteiger partial charge in [0.2, 0.25) is 5.43 Å². The molecule has 0 radical (unpaired) electrons. The Morgan fingerprint density at radius 1 is 0.816 bits per heavy atom. The zero-order valence-corrected chi connectivity index (χ0v) is 21.9. The Labute approximate surface area is 224 Å². The van der Waals surface area contributed by atoms with E-state index in [1.807, 2.05) is 66.7 Å². The van der Waals surface area contributed by atoms with Crippen LogP contribution in [-0.2, 0) is 26.0 Å². The summed E-state index contributed by atoms with van der Waals surface area (Å²) in [7, 11) is 0. The number of hydrogen-bond acceptors (Lipinski definition) is 4. The minimum absolute atomic E-state index is 0.0889. The first-order chi connectivity index (χ1) is 18.5. The van der Waals surface area contributed by atoms with E-state index in [-0.39, 0.29) is 18.1 Å². The molecular formula is C32H36N2O4. The van der Waals surface area contributed by atoms with E-state index in [9.17, 15) is 14.7 Å². The highest BCUT2D eigenvalue weighted by Crippen LogP contribution is 2.19. The molecule has 198 valence electrons. The maximum absolute atomic E-state index is 12.4. The van der Waals surface area contributed by atoms with Crippen LogP contribution in [0.3, 0.4) is 0 Å². The molecule has 38 heavy (non-hydrogen) atoms. The third-order valence-corrected chi connectivity index (χ3v) is 6.11. The number of pyridine rings is 1. The van der Waals surface area contributed by atoms with E-state index in [0.717, 1.165) is 37.8 Å². The second-order valence-electron chi connectivity index (χ2n) is 9.03. The van der Waals surface area contributed by atoms with Crippen LogP contribution in [0.25, 0.3) is 0 Å². The van der Waals surface area contributed by atoms with Gasteiger partial charge in [-0.3, -0.25) is 4.79 Å². The van der Waals surface area contributed by atoms with Crippen molar-refractivity contribution in [3.63, 3.8) is 0 Å². The van der Waals surface area contributed by atoms with Gasteiger partial charge >= 0.3 is 5.97 Å². The summed E-state index contributed by atoms with van der Waals surface area (Å²) in [5.41, 5.74) is 8.93. The first-order valence-corrected chi connectivity index (χ1v) is 12.9. The second kappa shape index (κ2) is 15.2. The Bertz CT molecular complexity index is 1320. The molecule has 0 atom stereocenters. The molecule has 0 unspecified atom stereocenters. The lowest BCUT2D eigenvalue weighted by atomic mass is 10.1. The number of ether oxygens (including phenoxy) is 1. The van der Waals surface area contributed by atoms with Gasteiger partial charge in [0.15, 0.2) is 11.4 Å². The van der Waals surface area contributed by atoms with E-state index >= 15 is 0 Å². The molecule has 1 aromatic heterocycles. The number of rotatable bonds is 11. The van der Waals surface area contributed by atoms with E-state index in [2.05, 4.69) is 24.3 Å². The van der Waals surface area contributed by atoms with Gasteiger partial charge in [-0.15, -0.1) is 0 Å². The number of hydrogen-bond donors (Lipinski definition) is 2. The van der Waals surface area contributed by atoms with Gasteiger partial charge in [0.05, 0.1) is 0 Å². The molecule has 0 fully saturated rings. The van der Waals surface area contributed by atoms with Gasteiger partial charge in [-0.25, -0.2) is 4.79 Å². The number of carbonyl (C=O) groups is 1. The van der Waals surface area contributed by atoms with E-state index in [0.29, 0.717) is 12.2 Å². The normalized spacial score (nSPS) is 10.4. The Morgan fingerprint density at radius 2 is 1.32 bits per heavy atom. The average molecular weight is 513 g/mol. The molecule has 0 saturated carbocycles. The smallest absolute Gasteiger partial charge is 0.356 e. The highest BCUT2D eigenvalue weighted by atomic mass is 16.5. The van der Waals surface area contributed by atoms with Crippen molar-refractivity contribution in [2.24, 2.45) is 5.73 Å². The molecule has 0 saturated heterocycles. The van der Waals surface area contributed by atoms with E-state index in [1.54, 1.807) is 11.5 Å². The minimum Gasteiger partial charge on any atom is -0.482 e. The molecule has 4 aromatic rings. The third-order valence-electron chi connectivity index (χ3n) is 6.11. The van der Waals surface area contributed by atoms with E-state index < -0.39 is 11.4 Å². The Morgan fingerprint density at radius 3 is 1.82 bits per heavy atom. The number of carboxylic acids is 1. The van der Waals surface area contributed by atoms with Crippen molar-refractivity contribution in [3.8, 4) is 5.75 Å². The molecule has 0 aliphatic carbocycles. The Kier molecular flexibility index (Phi) is 11.3. The Hall–Kier alpha value is -4.16. The van der Waals surface area contributed by atoms with Gasteiger partial charge in [0.1, 0.15) is 6.61 Å². The quantitative estimate of drug-likeness (QED) is 0.271. The summed E-state index contributed by atoms with van der Waals surface area (Å²) >= 11 is 0. The van der Waals surface area contributed by atoms with Gasteiger partial charge in [-0.1, -0.05) is 91.0 Å². The molecule has 4 rings (SSSR count). The van der Waals surface area contributed by atoms with E-state index in [4.69, 9.17) is 10.5 Å². The molecule has 0 aliphatic rings. The number of aryl methyl sites for hydroxylation is 3. The summed E-state index contributed by atoms with van der Waals surface area (Å²) in [5.74, 6) is -1.27. The fourth-order valence-electron chi connectivity index (χ4n) is 4.16. The zero-order chi connectivity index (χ0) is 27.2. The number of aromatic carboxylic acids is 1. The van der Waals surface area contributed by atoms with Gasteiger partial charge in [-0.2, -0.15) is 0 Å². The van der Waals surface area contributed by atoms with Crippen LogP contribution >= 0.6 is 0 Å². The number of nitrogens with two attached hydrogens (primary N) is 1. The number of carboxylic acid groups (broad SMARTS) is 1. The molecule has 0 bridgehead atoms. The van der Waals surface area contributed by atoms with Crippen molar-refractivity contribution in [3.05, 3.63) is 135 Å². The molecule has 1 heterocycles. The number of aromatic nitrogens is 1. The lowest BCUT2D eigenvalue weighted by Crippen LogP contribution is -2.23. The predicted octanol–water partition coefficient (Wildman–Crippen LogP) is 5.64. The summed E-state index contributed by atoms with van der Waals surface area (Å²) < 4.78 is 7.32. The van der Waals surface area contributed by atoms with E-state index in [1.165, 1.54) is 17.2 Å². The van der Waals surface area contributed by atoms with Gasteiger partial charge in [0.25, 0.3) is 0 Å². The lowest BCUT2D eigenvalue weighted by Gasteiger charge is -2.18. The van der Waals surface area contributed by atoms with Crippen LogP contribution < -0.4 is 15.9 Å². The van der Waals surface area contributed by atoms with Crippen LogP contribution in [0.1, 0.15) is 45.7 Å². The fraction of sp³-hybridized carbons (Fsp3) is 0.250. The standard InChI is InChI=1S/C23H23NO4.C9H13N/c1-17-15-20(25)22(28-16-19-11-6-3-7-12-19)21(23(26)27)24(17)14-8-13-18-9-4-2-5-10-18;10-8-4-7-9-5-2-1-3-6-9/h2-7,9-12,15H,8,13-14,16H2,1H3,(H,26,27);1-3,5-6H,4,7-8,10H2. The predicted molar refractivity (Wildman–Crippen MR) is 152 cm³/mol. The van der Waals surface area contributed by atoms with Crippen molar-refractivity contribution in [1.29, 1.82) is 0 Å². The highest BCUT2D eigenvalue weighted by molar-refractivity contribution is 5.89. The minimum atomic E-state index is -1.16. The summed E-state index contributed by atoms with van der Waals surface area (Å²) in [6, 6.07) is 31.3. The first-order valence-electron chi connectivity index (χ1n) is 12.9. The monoisotopic (exact) mass is 512 g/mol. The highest BCUT2D eigenvalue weighted by Gasteiger charge is 2.21. The molecule has 6 heteroatoms. The van der Waals surface area contributed by atoms with Crippen LogP contribution in [0.5, 0.6) is 5.75 Å². The van der Waals surface area contributed by atoms with Crippen LogP contribution in [0.2, 0.25) is 0 Å². The summed E-state index contributed by atoms with van der Waals surface area (Å²) in [4.78, 5) is 24.4. The molecule has 3 aromatic carbocycles. The average Bonchev–Trinajstić information content (AvgIpc) is 2.94. The third kappa shape index (κ3) is 8.75. The molecular weight excluding hydrogens is 476 g/mol. The molecule has 3 N–H and O–H groups in total. The first kappa shape index (κ1) is 28.4. The van der Waals surface area contributed by atoms with Crippen LogP contribution in [0.4, 0.5) is 0 Å². The number of benzene rings is 3. The van der Waals surface area contributed by atoms with Crippen molar-refractivity contribution in [2.75, 3.05) is 6.54 Å². The largest absolute Gasteiger partial charge is 0.482 e. The fourth-order valence-corrected chi connectivity index (χ4v) is 4.16. The summed E-state index contributed by atoms with van der Waals surface area (Å²) in [6.07, 6.45) is 3.78. The SMILES string of the molecule is Cc1cc(=O)c(OCc2ccccc2)c(C(=O)O)n1CCCc1ccccc1.NCCCc1ccccc1. The molecule has 0 spiro atoms. The lowest BCUT2D eigenvalue weighted by molar-refractivity contribution is 0.0676. The maximum Gasteiger partial charge on any atom is 0.356 e. The van der Waals surface area contributed by atoms with Crippen LogP contribution in [-0.4, -0.2) is 22.2 Å². The van der Waals surface area contributed by atoms with Crippen molar-refractivity contribution < 1.29 is 14.6 Å². The van der Waals surface area contributed by atoms with Crippen LogP contribution in [0.15, 0.2) is 102 Å². The zero-order valence-electron chi connectivity index (χ0n) is 21.9. The van der Waals surface area contributed by atoms with Crippen molar-refractivity contribution in [1.82, 2.24) is 4.57 Å². The van der Waals surface area contributed by atoms with Gasteiger partial charge < -0.3 is 20.1 Å². The maximum atomic E-state index is 12.4. The number of nitrogens with zero attached hydrogens (tertiary/aromatic N) is 1. The van der Waals surface area contributed by atoms with Gasteiger partial charge in [0, 0.05) is 18.3 Å². The van der Waals surface area contributed by atoms with Crippen LogP contribution in [0, 0.1) is 6.92 Å². The molecule has 0 aliphatic heterocycles. The summed E-state index contributed by atoms with van der Waals surface area (Å²) in [5, 5.41) is 9.77. The summed E-state index contributed by atoms with van der Waals surface area (Å²) in [6.45, 7) is 3.17. The second-order valence-corrected chi connectivity index (χ2v) is 9.03. The van der Waals surface area contributed by atoms with Crippen molar-refractivity contribution in [2.45, 2.75) is 45.8 Å². The molecule has 0 amide bonds. The van der Waals surface area contributed by atoms with Gasteiger partial charge in [-0.05, 0) is 55.8 Å². The van der Waals surface area contributed by atoms with Crippen molar-refractivity contribution >= 4 is 5.97 Å². The Balaban J connectivity index is 0.000000336.